The molecule has 0 radical (unpaired) electrons. The number of thiol groups is 1. The fraction of sp³-hybridized carbons (Fsp3) is 0. The molecule has 0 aliphatic heterocycles. The highest BCUT2D eigenvalue weighted by Crippen LogP contribution is 2.24. The van der Waals surface area contributed by atoms with Gasteiger partial charge in [0.15, 0.2) is 0 Å². The number of aromatic hydroxyl groups is 1. The van der Waals surface area contributed by atoms with Gasteiger partial charge in [-0.25, -0.2) is 0 Å². The molecule has 0 saturated carbocycles. The minimum atomic E-state index is 0.109. The third-order valence-electron chi connectivity index (χ3n) is 2.46. The van der Waals surface area contributed by atoms with Crippen molar-refractivity contribution >= 4 is 23.7 Å². The van der Waals surface area contributed by atoms with E-state index in [0.717, 1.165) is 11.0 Å². The molecule has 0 bridgehead atoms. The molecule has 1 heterocycles. The summed E-state index contributed by atoms with van der Waals surface area (Å²) in [5, 5.41) is 18.4. The number of hydrogen-bond acceptors (Lipinski definition) is 4. The van der Waals surface area contributed by atoms with E-state index < -0.39 is 0 Å². The summed E-state index contributed by atoms with van der Waals surface area (Å²) in [5.74, 6) is 0.109. The van der Waals surface area contributed by atoms with Crippen molar-refractivity contribution in [2.75, 3.05) is 0 Å². The molecule has 0 saturated heterocycles. The summed E-state index contributed by atoms with van der Waals surface area (Å²) < 4.78 is 0. The van der Waals surface area contributed by atoms with Crippen LogP contribution in [0.4, 0.5) is 0 Å². The molecule has 17 heavy (non-hydrogen) atoms. The third-order valence-corrected chi connectivity index (χ3v) is 2.74. The van der Waals surface area contributed by atoms with Gasteiger partial charge in [0.2, 0.25) is 0 Å². The second-order valence-electron chi connectivity index (χ2n) is 3.65. The van der Waals surface area contributed by atoms with Gasteiger partial charge in [-0.1, -0.05) is 12.1 Å². The van der Waals surface area contributed by atoms with Crippen LogP contribution in [0, 0.1) is 0 Å². The van der Waals surface area contributed by atoms with E-state index in [1.165, 1.54) is 4.80 Å². The Hall–Kier alpha value is -2.01. The standard InChI is InChI=1S/C12H9N3OS/c16-12-7-8(17)5-6-11(12)15-13-9-3-1-2-4-10(9)14-15/h1-7,16-17H. The number of phenols is 1. The average Bonchev–Trinajstić information content (AvgIpc) is 2.72. The summed E-state index contributed by atoms with van der Waals surface area (Å²) >= 11 is 4.15. The lowest BCUT2D eigenvalue weighted by molar-refractivity contribution is 0.466. The predicted octanol–water partition coefficient (Wildman–Crippen LogP) is 2.41. The number of fused-ring (bicyclic) bond motifs is 1. The van der Waals surface area contributed by atoms with E-state index >= 15 is 0 Å². The minimum Gasteiger partial charge on any atom is -0.506 e. The van der Waals surface area contributed by atoms with Crippen molar-refractivity contribution in [2.24, 2.45) is 0 Å². The molecule has 0 fully saturated rings. The first-order valence-electron chi connectivity index (χ1n) is 5.08. The molecule has 0 aliphatic rings. The van der Waals surface area contributed by atoms with E-state index in [4.69, 9.17) is 0 Å². The lowest BCUT2D eigenvalue weighted by atomic mass is 10.3. The van der Waals surface area contributed by atoms with Crippen LogP contribution in [0.2, 0.25) is 0 Å². The van der Waals surface area contributed by atoms with Crippen LogP contribution in [-0.2, 0) is 0 Å². The van der Waals surface area contributed by atoms with E-state index in [-0.39, 0.29) is 5.75 Å². The molecule has 0 amide bonds. The molecule has 1 aromatic heterocycles. The van der Waals surface area contributed by atoms with Gasteiger partial charge in [0, 0.05) is 4.90 Å². The Morgan fingerprint density at radius 3 is 2.24 bits per heavy atom. The Labute approximate surface area is 103 Å². The minimum absolute atomic E-state index is 0.109. The summed E-state index contributed by atoms with van der Waals surface area (Å²) in [7, 11) is 0. The quantitative estimate of drug-likeness (QED) is 0.645. The van der Waals surface area contributed by atoms with Crippen molar-refractivity contribution in [3.8, 4) is 11.4 Å². The van der Waals surface area contributed by atoms with Crippen LogP contribution in [0.15, 0.2) is 47.4 Å². The summed E-state index contributed by atoms with van der Waals surface area (Å²) in [6, 6.07) is 12.6. The van der Waals surface area contributed by atoms with E-state index in [0.29, 0.717) is 10.6 Å². The highest BCUT2D eigenvalue weighted by atomic mass is 32.1. The van der Waals surface area contributed by atoms with Gasteiger partial charge in [-0.3, -0.25) is 0 Å². The molecular weight excluding hydrogens is 234 g/mol. The largest absolute Gasteiger partial charge is 0.506 e. The Bertz CT molecular complexity index is 660. The predicted molar refractivity (Wildman–Crippen MR) is 67.8 cm³/mol. The number of aromatic nitrogens is 3. The van der Waals surface area contributed by atoms with Crippen molar-refractivity contribution in [1.82, 2.24) is 15.0 Å². The third kappa shape index (κ3) is 1.74. The van der Waals surface area contributed by atoms with Crippen LogP contribution in [0.25, 0.3) is 16.7 Å². The molecule has 2 aromatic carbocycles. The van der Waals surface area contributed by atoms with Gasteiger partial charge in [0.05, 0.1) is 0 Å². The lowest BCUT2D eigenvalue weighted by Gasteiger charge is -2.02. The summed E-state index contributed by atoms with van der Waals surface area (Å²) in [4.78, 5) is 2.12. The molecule has 5 heteroatoms. The fourth-order valence-corrected chi connectivity index (χ4v) is 1.85. The van der Waals surface area contributed by atoms with Gasteiger partial charge in [-0.15, -0.1) is 27.6 Å². The van der Waals surface area contributed by atoms with E-state index in [1.54, 1.807) is 18.2 Å². The molecule has 3 rings (SSSR count). The Kier molecular flexibility index (Phi) is 2.26. The second kappa shape index (κ2) is 3.78. The van der Waals surface area contributed by atoms with Crippen LogP contribution in [0.5, 0.6) is 5.75 Å². The molecular formula is C12H9N3OS. The van der Waals surface area contributed by atoms with Gasteiger partial charge in [0.1, 0.15) is 22.5 Å². The Morgan fingerprint density at radius 2 is 1.65 bits per heavy atom. The number of phenolic OH excluding ortho intramolecular Hbond substituents is 1. The maximum atomic E-state index is 9.82. The van der Waals surface area contributed by atoms with Crippen LogP contribution >= 0.6 is 12.6 Å². The highest BCUT2D eigenvalue weighted by Gasteiger charge is 2.08. The smallest absolute Gasteiger partial charge is 0.144 e. The van der Waals surface area contributed by atoms with Gasteiger partial charge in [-0.05, 0) is 30.3 Å². The fourth-order valence-electron chi connectivity index (χ4n) is 1.65. The Morgan fingerprint density at radius 1 is 1.00 bits per heavy atom. The van der Waals surface area contributed by atoms with Crippen LogP contribution < -0.4 is 0 Å². The molecule has 0 atom stereocenters. The van der Waals surface area contributed by atoms with Crippen molar-refractivity contribution in [3.63, 3.8) is 0 Å². The number of nitrogens with zero attached hydrogens (tertiary/aromatic N) is 3. The number of benzene rings is 2. The average molecular weight is 243 g/mol. The lowest BCUT2D eigenvalue weighted by Crippen LogP contribution is -1.98. The van der Waals surface area contributed by atoms with Crippen molar-refractivity contribution in [2.45, 2.75) is 4.90 Å². The van der Waals surface area contributed by atoms with Crippen molar-refractivity contribution in [3.05, 3.63) is 42.5 Å². The monoisotopic (exact) mass is 243 g/mol. The molecule has 4 nitrogen and oxygen atoms in total. The van der Waals surface area contributed by atoms with Gasteiger partial charge in [0.25, 0.3) is 0 Å². The summed E-state index contributed by atoms with van der Waals surface area (Å²) in [6.07, 6.45) is 0. The summed E-state index contributed by atoms with van der Waals surface area (Å²) in [5.41, 5.74) is 2.13. The molecule has 0 aliphatic carbocycles. The van der Waals surface area contributed by atoms with Gasteiger partial charge in [-0.2, -0.15) is 0 Å². The first-order chi connectivity index (χ1) is 8.24. The number of rotatable bonds is 1. The first kappa shape index (κ1) is 10.2. The Balaban J connectivity index is 2.20. The SMILES string of the molecule is Oc1cc(S)ccc1-n1nc2ccccc2n1. The number of hydrogen-bond donors (Lipinski definition) is 2. The van der Waals surface area contributed by atoms with Crippen LogP contribution in [0.3, 0.4) is 0 Å². The van der Waals surface area contributed by atoms with Crippen molar-refractivity contribution < 1.29 is 5.11 Å². The molecule has 84 valence electrons. The topological polar surface area (TPSA) is 50.9 Å². The zero-order valence-electron chi connectivity index (χ0n) is 8.78. The zero-order valence-corrected chi connectivity index (χ0v) is 9.67. The highest BCUT2D eigenvalue weighted by molar-refractivity contribution is 7.80. The summed E-state index contributed by atoms with van der Waals surface area (Å²) in [6.45, 7) is 0. The molecule has 1 N–H and O–H groups in total. The van der Waals surface area contributed by atoms with Crippen LogP contribution in [-0.4, -0.2) is 20.1 Å². The van der Waals surface area contributed by atoms with E-state index in [9.17, 15) is 5.11 Å². The molecule has 0 spiro atoms. The van der Waals surface area contributed by atoms with E-state index in [2.05, 4.69) is 22.8 Å². The normalized spacial score (nSPS) is 10.9. The maximum Gasteiger partial charge on any atom is 0.144 e. The first-order valence-corrected chi connectivity index (χ1v) is 5.53. The second-order valence-corrected chi connectivity index (χ2v) is 4.17. The molecule has 0 unspecified atom stereocenters. The van der Waals surface area contributed by atoms with E-state index in [1.807, 2.05) is 24.3 Å². The maximum absolute atomic E-state index is 9.82. The molecule has 3 aromatic rings. The van der Waals surface area contributed by atoms with Crippen LogP contribution in [0.1, 0.15) is 0 Å². The zero-order chi connectivity index (χ0) is 11.8. The van der Waals surface area contributed by atoms with Gasteiger partial charge >= 0.3 is 0 Å². The van der Waals surface area contributed by atoms with Crippen molar-refractivity contribution in [1.29, 1.82) is 0 Å². The van der Waals surface area contributed by atoms with Gasteiger partial charge < -0.3 is 5.11 Å².